The van der Waals surface area contributed by atoms with E-state index in [4.69, 9.17) is 4.74 Å². The molecule has 15 heavy (non-hydrogen) atoms. The molecule has 1 aromatic heterocycles. The molecule has 0 amide bonds. The van der Waals surface area contributed by atoms with E-state index in [0.717, 1.165) is 5.56 Å². The summed E-state index contributed by atoms with van der Waals surface area (Å²) in [6, 6.07) is 0. The number of anilines is 1. The van der Waals surface area contributed by atoms with E-state index in [-0.39, 0.29) is 0 Å². The van der Waals surface area contributed by atoms with Crippen molar-refractivity contribution in [1.29, 1.82) is 0 Å². The summed E-state index contributed by atoms with van der Waals surface area (Å²) in [6.07, 6.45) is 4.14. The maximum atomic E-state index is 9.96. The van der Waals surface area contributed by atoms with E-state index in [0.29, 0.717) is 32.1 Å². The normalized spacial score (nSPS) is 25.5. The molecule has 0 aliphatic carbocycles. The number of nitrogens with one attached hydrogen (secondary N) is 1. The van der Waals surface area contributed by atoms with Crippen molar-refractivity contribution in [2.24, 2.45) is 0 Å². The Hall–Kier alpha value is -1.20. The molecule has 0 aromatic carbocycles. The summed E-state index contributed by atoms with van der Waals surface area (Å²) in [6.45, 7) is 3.36. The van der Waals surface area contributed by atoms with Crippen molar-refractivity contribution in [3.63, 3.8) is 0 Å². The molecular weight excluding hydrogens is 194 g/mol. The Morgan fingerprint density at radius 2 is 2.27 bits per heavy atom. The molecule has 82 valence electrons. The maximum absolute atomic E-state index is 9.96. The molecule has 1 aromatic rings. The minimum absolute atomic E-state index is 0.381. The van der Waals surface area contributed by atoms with Gasteiger partial charge in [0.2, 0.25) is 5.95 Å². The van der Waals surface area contributed by atoms with Crippen LogP contribution in [0.25, 0.3) is 0 Å². The van der Waals surface area contributed by atoms with Crippen molar-refractivity contribution in [2.45, 2.75) is 18.9 Å². The number of aliphatic hydroxyl groups is 1. The molecule has 1 fully saturated rings. The van der Waals surface area contributed by atoms with Gasteiger partial charge in [-0.2, -0.15) is 0 Å². The lowest BCUT2D eigenvalue weighted by Gasteiger charge is -2.20. The average Bonchev–Trinajstić information content (AvgIpc) is 2.65. The molecule has 2 N–H and O–H groups in total. The van der Waals surface area contributed by atoms with Crippen LogP contribution in [0.1, 0.15) is 12.0 Å². The number of hydrogen-bond acceptors (Lipinski definition) is 5. The van der Waals surface area contributed by atoms with E-state index in [1.165, 1.54) is 0 Å². The predicted octanol–water partition coefficient (Wildman–Crippen LogP) is 0.348. The zero-order valence-corrected chi connectivity index (χ0v) is 8.73. The van der Waals surface area contributed by atoms with E-state index >= 15 is 0 Å². The summed E-state index contributed by atoms with van der Waals surface area (Å²) in [4.78, 5) is 8.19. The number of aromatic nitrogens is 2. The lowest BCUT2D eigenvalue weighted by Crippen LogP contribution is -2.37. The third kappa shape index (κ3) is 2.64. The van der Waals surface area contributed by atoms with E-state index < -0.39 is 5.60 Å². The Morgan fingerprint density at radius 3 is 2.87 bits per heavy atom. The van der Waals surface area contributed by atoms with Crippen molar-refractivity contribution in [2.75, 3.05) is 25.1 Å². The van der Waals surface area contributed by atoms with Crippen LogP contribution >= 0.6 is 0 Å². The summed E-state index contributed by atoms with van der Waals surface area (Å²) in [5, 5.41) is 13.0. The van der Waals surface area contributed by atoms with Gasteiger partial charge < -0.3 is 15.2 Å². The zero-order chi connectivity index (χ0) is 10.7. The second-order valence-electron chi connectivity index (χ2n) is 3.96. The standard InChI is InChI=1S/C10H15N3O2/c1-8-4-11-9(12-5-8)13-6-10(14)2-3-15-7-10/h4-5,14H,2-3,6-7H2,1H3,(H,11,12,13). The molecule has 0 spiro atoms. The highest BCUT2D eigenvalue weighted by Crippen LogP contribution is 2.18. The van der Waals surface area contributed by atoms with Crippen molar-refractivity contribution in [3.05, 3.63) is 18.0 Å². The van der Waals surface area contributed by atoms with Gasteiger partial charge in [0.05, 0.1) is 6.61 Å². The van der Waals surface area contributed by atoms with Crippen molar-refractivity contribution < 1.29 is 9.84 Å². The van der Waals surface area contributed by atoms with Crippen molar-refractivity contribution in [1.82, 2.24) is 9.97 Å². The van der Waals surface area contributed by atoms with E-state index in [2.05, 4.69) is 15.3 Å². The molecule has 0 bridgehead atoms. The summed E-state index contributed by atoms with van der Waals surface area (Å²) in [5.41, 5.74) is 0.247. The SMILES string of the molecule is Cc1cnc(NCC2(O)CCOC2)nc1. The highest BCUT2D eigenvalue weighted by atomic mass is 16.5. The van der Waals surface area contributed by atoms with Crippen LogP contribution < -0.4 is 5.32 Å². The smallest absolute Gasteiger partial charge is 0.222 e. The number of nitrogens with zero attached hydrogens (tertiary/aromatic N) is 2. The quantitative estimate of drug-likeness (QED) is 0.751. The van der Waals surface area contributed by atoms with E-state index in [1.54, 1.807) is 12.4 Å². The summed E-state index contributed by atoms with van der Waals surface area (Å²) < 4.78 is 5.14. The molecule has 1 saturated heterocycles. The number of rotatable bonds is 3. The lowest BCUT2D eigenvalue weighted by molar-refractivity contribution is 0.0380. The van der Waals surface area contributed by atoms with Crippen LogP contribution in [0.5, 0.6) is 0 Å². The molecule has 0 radical (unpaired) electrons. The molecule has 1 aliphatic rings. The summed E-state index contributed by atoms with van der Waals surface area (Å²) in [5.74, 6) is 0.543. The molecule has 0 saturated carbocycles. The predicted molar refractivity (Wildman–Crippen MR) is 55.6 cm³/mol. The first-order valence-corrected chi connectivity index (χ1v) is 5.01. The largest absolute Gasteiger partial charge is 0.386 e. The van der Waals surface area contributed by atoms with Gasteiger partial charge in [-0.25, -0.2) is 9.97 Å². The first kappa shape index (κ1) is 10.3. The Bertz CT molecular complexity index is 320. The third-order valence-corrected chi connectivity index (χ3v) is 2.44. The van der Waals surface area contributed by atoms with Gasteiger partial charge in [-0.05, 0) is 12.5 Å². The Kier molecular flexibility index (Phi) is 2.83. The monoisotopic (exact) mass is 209 g/mol. The van der Waals surface area contributed by atoms with Gasteiger partial charge in [0, 0.05) is 32.0 Å². The second kappa shape index (κ2) is 4.12. The first-order chi connectivity index (χ1) is 7.18. The summed E-state index contributed by atoms with van der Waals surface area (Å²) >= 11 is 0. The third-order valence-electron chi connectivity index (χ3n) is 2.44. The highest BCUT2D eigenvalue weighted by Gasteiger charge is 2.32. The van der Waals surface area contributed by atoms with E-state index in [1.807, 2.05) is 6.92 Å². The topological polar surface area (TPSA) is 67.3 Å². The van der Waals surface area contributed by atoms with Crippen molar-refractivity contribution in [3.8, 4) is 0 Å². The van der Waals surface area contributed by atoms with Gasteiger partial charge >= 0.3 is 0 Å². The average molecular weight is 209 g/mol. The minimum atomic E-state index is -0.770. The fraction of sp³-hybridized carbons (Fsp3) is 0.600. The zero-order valence-electron chi connectivity index (χ0n) is 8.73. The van der Waals surface area contributed by atoms with Crippen molar-refractivity contribution >= 4 is 5.95 Å². The minimum Gasteiger partial charge on any atom is -0.386 e. The molecule has 1 aliphatic heterocycles. The van der Waals surface area contributed by atoms with Gasteiger partial charge in [-0.1, -0.05) is 0 Å². The fourth-order valence-corrected chi connectivity index (χ4v) is 1.46. The molecule has 2 heterocycles. The van der Waals surface area contributed by atoms with Crippen LogP contribution in [-0.4, -0.2) is 40.4 Å². The maximum Gasteiger partial charge on any atom is 0.222 e. The molecule has 2 rings (SSSR count). The Labute approximate surface area is 88.5 Å². The molecule has 1 unspecified atom stereocenters. The lowest BCUT2D eigenvalue weighted by atomic mass is 10.0. The van der Waals surface area contributed by atoms with Crippen LogP contribution in [0.15, 0.2) is 12.4 Å². The van der Waals surface area contributed by atoms with Gasteiger partial charge in [0.25, 0.3) is 0 Å². The van der Waals surface area contributed by atoms with Crippen LogP contribution in [-0.2, 0) is 4.74 Å². The number of hydrogen-bond donors (Lipinski definition) is 2. The highest BCUT2D eigenvalue weighted by molar-refractivity contribution is 5.25. The van der Waals surface area contributed by atoms with Gasteiger partial charge in [0.15, 0.2) is 0 Å². The molecular formula is C10H15N3O2. The second-order valence-corrected chi connectivity index (χ2v) is 3.96. The number of ether oxygens (including phenoxy) is 1. The van der Waals surface area contributed by atoms with Crippen LogP contribution in [0, 0.1) is 6.92 Å². The molecule has 5 nitrogen and oxygen atoms in total. The van der Waals surface area contributed by atoms with Gasteiger partial charge in [-0.15, -0.1) is 0 Å². The van der Waals surface area contributed by atoms with Crippen LogP contribution in [0.3, 0.4) is 0 Å². The fourth-order valence-electron chi connectivity index (χ4n) is 1.46. The first-order valence-electron chi connectivity index (χ1n) is 5.01. The van der Waals surface area contributed by atoms with E-state index in [9.17, 15) is 5.11 Å². The van der Waals surface area contributed by atoms with Gasteiger partial charge in [0.1, 0.15) is 5.60 Å². The molecule has 5 heteroatoms. The van der Waals surface area contributed by atoms with Crippen LogP contribution in [0.2, 0.25) is 0 Å². The number of aryl methyl sites for hydroxylation is 1. The molecule has 1 atom stereocenters. The summed E-state index contributed by atoms with van der Waals surface area (Å²) in [7, 11) is 0. The Morgan fingerprint density at radius 1 is 1.53 bits per heavy atom. The van der Waals surface area contributed by atoms with Crippen LogP contribution in [0.4, 0.5) is 5.95 Å². The van der Waals surface area contributed by atoms with Gasteiger partial charge in [-0.3, -0.25) is 0 Å². The Balaban J connectivity index is 1.90.